The van der Waals surface area contributed by atoms with E-state index < -0.39 is 0 Å². The van der Waals surface area contributed by atoms with Crippen LogP contribution < -0.4 is 5.32 Å². The maximum Gasteiger partial charge on any atom is 0.224 e. The number of aromatic nitrogens is 4. The summed E-state index contributed by atoms with van der Waals surface area (Å²) in [4.78, 5) is 20.0. The molecule has 5 aromatic rings. The second-order valence-corrected chi connectivity index (χ2v) is 8.13. The Morgan fingerprint density at radius 3 is 2.87 bits per heavy atom. The second kappa shape index (κ2) is 7.72. The molecule has 0 atom stereocenters. The number of carbonyl (C=O) groups excluding carboxylic acids is 1. The van der Waals surface area contributed by atoms with Crippen LogP contribution in [0.1, 0.15) is 20.3 Å². The first-order valence-electron chi connectivity index (χ1n) is 10.4. The average molecular weight is 409 g/mol. The number of nitrogens with zero attached hydrogens (tertiary/aromatic N) is 3. The van der Waals surface area contributed by atoms with E-state index in [2.05, 4.69) is 44.6 Å². The third-order valence-corrected chi connectivity index (χ3v) is 5.30. The number of H-pyrrole nitrogens is 1. The first kappa shape index (κ1) is 19.1. The van der Waals surface area contributed by atoms with Crippen LogP contribution in [0, 0.1) is 5.92 Å². The average Bonchev–Trinajstić information content (AvgIpc) is 3.39. The fourth-order valence-corrected chi connectivity index (χ4v) is 3.87. The number of amides is 1. The van der Waals surface area contributed by atoms with E-state index in [-0.39, 0.29) is 5.91 Å². The summed E-state index contributed by atoms with van der Waals surface area (Å²) in [6.07, 6.45) is 6.09. The predicted octanol–water partition coefficient (Wildman–Crippen LogP) is 5.53. The Morgan fingerprint density at radius 2 is 2.00 bits per heavy atom. The zero-order chi connectivity index (χ0) is 21.4. The largest absolute Gasteiger partial charge is 0.361 e. The SMILES string of the molecule is CC(C)CC(=O)Nc1cccc(-c2ccnc3c(-c4ccc5[nH]ccc5c4)cnn23)c1. The third kappa shape index (κ3) is 3.68. The molecule has 2 aromatic carbocycles. The summed E-state index contributed by atoms with van der Waals surface area (Å²) in [5, 5.41) is 8.77. The van der Waals surface area contributed by atoms with E-state index in [9.17, 15) is 4.79 Å². The van der Waals surface area contributed by atoms with Gasteiger partial charge in [-0.2, -0.15) is 5.10 Å². The van der Waals surface area contributed by atoms with Gasteiger partial charge in [0.05, 0.1) is 11.9 Å². The van der Waals surface area contributed by atoms with Crippen molar-refractivity contribution < 1.29 is 4.79 Å². The van der Waals surface area contributed by atoms with E-state index >= 15 is 0 Å². The number of benzene rings is 2. The van der Waals surface area contributed by atoms with Crippen molar-refractivity contribution in [1.82, 2.24) is 19.6 Å². The summed E-state index contributed by atoms with van der Waals surface area (Å²) in [6.45, 7) is 4.07. The minimum atomic E-state index is 0.0218. The number of aromatic amines is 1. The molecule has 3 aromatic heterocycles. The van der Waals surface area contributed by atoms with Crippen molar-refractivity contribution in [2.45, 2.75) is 20.3 Å². The van der Waals surface area contributed by atoms with E-state index in [1.165, 1.54) is 0 Å². The number of hydrogen-bond acceptors (Lipinski definition) is 3. The van der Waals surface area contributed by atoms with Crippen LogP contribution in [0.25, 0.3) is 38.9 Å². The van der Waals surface area contributed by atoms with E-state index in [1.807, 2.05) is 61.1 Å². The highest BCUT2D eigenvalue weighted by Gasteiger charge is 2.13. The molecular formula is C25H23N5O. The molecule has 0 fully saturated rings. The summed E-state index contributed by atoms with van der Waals surface area (Å²) < 4.78 is 1.85. The van der Waals surface area contributed by atoms with E-state index in [4.69, 9.17) is 0 Å². The maximum atomic E-state index is 12.2. The summed E-state index contributed by atoms with van der Waals surface area (Å²) in [7, 11) is 0. The predicted molar refractivity (Wildman–Crippen MR) is 124 cm³/mol. The van der Waals surface area contributed by atoms with Crippen LogP contribution in [0.15, 0.2) is 73.2 Å². The summed E-state index contributed by atoms with van der Waals surface area (Å²) >= 11 is 0. The van der Waals surface area contributed by atoms with E-state index in [0.717, 1.165) is 44.6 Å². The Kier molecular flexibility index (Phi) is 4.75. The first-order chi connectivity index (χ1) is 15.1. The fourth-order valence-electron chi connectivity index (χ4n) is 3.87. The van der Waals surface area contributed by atoms with Crippen LogP contribution in [-0.4, -0.2) is 25.5 Å². The van der Waals surface area contributed by atoms with Crippen LogP contribution in [-0.2, 0) is 4.79 Å². The molecule has 2 N–H and O–H groups in total. The number of carbonyl (C=O) groups is 1. The van der Waals surface area contributed by atoms with Crippen LogP contribution in [0.5, 0.6) is 0 Å². The molecule has 0 bridgehead atoms. The lowest BCUT2D eigenvalue weighted by Crippen LogP contribution is -2.13. The minimum absolute atomic E-state index is 0.0218. The van der Waals surface area contributed by atoms with Crippen molar-refractivity contribution in [1.29, 1.82) is 0 Å². The van der Waals surface area contributed by atoms with Crippen LogP contribution in [0.3, 0.4) is 0 Å². The molecule has 0 radical (unpaired) electrons. The Hall–Kier alpha value is -3.93. The molecule has 0 spiro atoms. The van der Waals surface area contributed by atoms with Crippen LogP contribution in [0.2, 0.25) is 0 Å². The Balaban J connectivity index is 1.53. The minimum Gasteiger partial charge on any atom is -0.361 e. The van der Waals surface area contributed by atoms with Gasteiger partial charge >= 0.3 is 0 Å². The number of hydrogen-bond donors (Lipinski definition) is 2. The van der Waals surface area contributed by atoms with Gasteiger partial charge in [-0.1, -0.05) is 32.0 Å². The summed E-state index contributed by atoms with van der Waals surface area (Å²) in [6, 6.07) is 18.1. The molecule has 5 rings (SSSR count). The number of anilines is 1. The molecule has 0 saturated carbocycles. The van der Waals surface area contributed by atoms with Crippen molar-refractivity contribution in [2.24, 2.45) is 5.92 Å². The Morgan fingerprint density at radius 1 is 1.10 bits per heavy atom. The maximum absolute atomic E-state index is 12.2. The van der Waals surface area contributed by atoms with Gasteiger partial charge in [0.1, 0.15) is 0 Å². The highest BCUT2D eigenvalue weighted by atomic mass is 16.1. The molecule has 3 heterocycles. The summed E-state index contributed by atoms with van der Waals surface area (Å²) in [5.41, 5.74) is 6.60. The van der Waals surface area contributed by atoms with Crippen molar-refractivity contribution >= 4 is 28.1 Å². The van der Waals surface area contributed by atoms with Gasteiger partial charge in [-0.3, -0.25) is 4.79 Å². The van der Waals surface area contributed by atoms with Gasteiger partial charge < -0.3 is 10.3 Å². The molecule has 0 aliphatic heterocycles. The number of rotatable bonds is 5. The monoisotopic (exact) mass is 409 g/mol. The van der Waals surface area contributed by atoms with Crippen LogP contribution >= 0.6 is 0 Å². The molecule has 154 valence electrons. The van der Waals surface area contributed by atoms with Gasteiger partial charge in [0.2, 0.25) is 5.91 Å². The molecule has 0 aliphatic carbocycles. The lowest BCUT2D eigenvalue weighted by molar-refractivity contribution is -0.116. The molecule has 1 amide bonds. The quantitative estimate of drug-likeness (QED) is 0.401. The topological polar surface area (TPSA) is 75.1 Å². The van der Waals surface area contributed by atoms with E-state index in [1.54, 1.807) is 6.20 Å². The second-order valence-electron chi connectivity index (χ2n) is 8.13. The molecular weight excluding hydrogens is 386 g/mol. The molecule has 0 saturated heterocycles. The van der Waals surface area contributed by atoms with Gasteiger partial charge in [-0.15, -0.1) is 0 Å². The van der Waals surface area contributed by atoms with Crippen molar-refractivity contribution in [3.63, 3.8) is 0 Å². The standard InChI is InChI=1S/C25H23N5O/c1-16(2)12-24(31)29-20-5-3-4-19(14-20)23-9-11-27-25-21(15-28-30(23)25)17-6-7-22-18(13-17)8-10-26-22/h3-11,13-16,26H,12H2,1-2H3,(H,29,31). The zero-order valence-corrected chi connectivity index (χ0v) is 17.5. The van der Waals surface area contributed by atoms with Crippen molar-refractivity contribution in [3.8, 4) is 22.4 Å². The lowest BCUT2D eigenvalue weighted by Gasteiger charge is -2.10. The third-order valence-electron chi connectivity index (χ3n) is 5.30. The molecule has 6 nitrogen and oxygen atoms in total. The highest BCUT2D eigenvalue weighted by molar-refractivity contribution is 5.92. The summed E-state index contributed by atoms with van der Waals surface area (Å²) in [5.74, 6) is 0.338. The van der Waals surface area contributed by atoms with Gasteiger partial charge in [-0.05, 0) is 53.3 Å². The number of nitrogens with one attached hydrogen (secondary N) is 2. The van der Waals surface area contributed by atoms with Crippen molar-refractivity contribution in [2.75, 3.05) is 5.32 Å². The van der Waals surface area contributed by atoms with Gasteiger partial charge in [-0.25, -0.2) is 9.50 Å². The van der Waals surface area contributed by atoms with Crippen LogP contribution in [0.4, 0.5) is 5.69 Å². The lowest BCUT2D eigenvalue weighted by atomic mass is 10.1. The first-order valence-corrected chi connectivity index (χ1v) is 10.4. The molecule has 0 aliphatic rings. The molecule has 0 unspecified atom stereocenters. The smallest absolute Gasteiger partial charge is 0.224 e. The Labute approximate surface area is 179 Å². The molecule has 31 heavy (non-hydrogen) atoms. The van der Waals surface area contributed by atoms with Crippen molar-refractivity contribution in [3.05, 3.63) is 73.2 Å². The number of fused-ring (bicyclic) bond motifs is 2. The Bertz CT molecular complexity index is 1400. The highest BCUT2D eigenvalue weighted by Crippen LogP contribution is 2.30. The normalized spacial score (nSPS) is 11.5. The van der Waals surface area contributed by atoms with Gasteiger partial charge in [0.15, 0.2) is 5.65 Å². The van der Waals surface area contributed by atoms with Gasteiger partial charge in [0.25, 0.3) is 0 Å². The van der Waals surface area contributed by atoms with Gasteiger partial charge in [0, 0.05) is 41.1 Å². The molecule has 6 heteroatoms. The zero-order valence-electron chi connectivity index (χ0n) is 17.5. The fraction of sp³-hybridized carbons (Fsp3) is 0.160. The van der Waals surface area contributed by atoms with E-state index in [0.29, 0.717) is 12.3 Å².